The van der Waals surface area contributed by atoms with E-state index in [-0.39, 0.29) is 17.6 Å². The van der Waals surface area contributed by atoms with Gasteiger partial charge in [-0.1, -0.05) is 0 Å². The third-order valence-corrected chi connectivity index (χ3v) is 2.17. The van der Waals surface area contributed by atoms with Gasteiger partial charge in [0.15, 0.2) is 5.69 Å². The Morgan fingerprint density at radius 1 is 1.81 bits per heavy atom. The predicted molar refractivity (Wildman–Crippen MR) is 54.7 cm³/mol. The van der Waals surface area contributed by atoms with Crippen molar-refractivity contribution < 1.29 is 14.6 Å². The van der Waals surface area contributed by atoms with Crippen LogP contribution in [0.4, 0.5) is 5.69 Å². The first-order valence-corrected chi connectivity index (χ1v) is 4.78. The molecule has 2 rings (SSSR count). The molecular weight excluding hydrogens is 214 g/mol. The molecule has 2 N–H and O–H groups in total. The second-order valence-corrected chi connectivity index (χ2v) is 3.61. The summed E-state index contributed by atoms with van der Waals surface area (Å²) in [5, 5.41) is 11.5. The van der Waals surface area contributed by atoms with E-state index in [4.69, 9.17) is 9.84 Å². The summed E-state index contributed by atoms with van der Waals surface area (Å²) >= 11 is 0. The highest BCUT2D eigenvalue weighted by Gasteiger charge is 2.21. The van der Waals surface area contributed by atoms with Crippen LogP contribution in [-0.4, -0.2) is 33.3 Å². The third-order valence-electron chi connectivity index (χ3n) is 2.17. The second kappa shape index (κ2) is 3.84. The normalized spacial score (nSPS) is 18.2. The van der Waals surface area contributed by atoms with E-state index in [1.807, 2.05) is 6.92 Å². The zero-order valence-corrected chi connectivity index (χ0v) is 8.64. The van der Waals surface area contributed by atoms with Gasteiger partial charge in [0.2, 0.25) is 5.88 Å². The highest BCUT2D eigenvalue weighted by atomic mass is 16.5. The molecule has 0 saturated heterocycles. The lowest BCUT2D eigenvalue weighted by Gasteiger charge is -2.23. The molecule has 0 saturated carbocycles. The Kier molecular flexibility index (Phi) is 2.51. The molecule has 1 unspecified atom stereocenters. The Morgan fingerprint density at radius 3 is 3.25 bits per heavy atom. The summed E-state index contributed by atoms with van der Waals surface area (Å²) in [6, 6.07) is 0.00248. The van der Waals surface area contributed by atoms with E-state index in [9.17, 15) is 9.59 Å². The molecule has 7 nitrogen and oxygen atoms in total. The first kappa shape index (κ1) is 10.5. The molecule has 0 fully saturated rings. The molecular formula is C9H11N3O4. The van der Waals surface area contributed by atoms with Gasteiger partial charge in [0.25, 0.3) is 5.56 Å². The maximum Gasteiger partial charge on any atom is 0.323 e. The van der Waals surface area contributed by atoms with Crippen molar-refractivity contribution in [3.05, 3.63) is 16.7 Å². The summed E-state index contributed by atoms with van der Waals surface area (Å²) in [6.07, 6.45) is 1.17. The van der Waals surface area contributed by atoms with Crippen molar-refractivity contribution in [2.24, 2.45) is 0 Å². The number of nitrogens with zero attached hydrogens (tertiary/aromatic N) is 2. The van der Waals surface area contributed by atoms with Crippen LogP contribution in [0.3, 0.4) is 0 Å². The highest BCUT2D eigenvalue weighted by Crippen LogP contribution is 2.21. The number of aliphatic carboxylic acids is 1. The molecule has 0 bridgehead atoms. The van der Waals surface area contributed by atoms with Crippen molar-refractivity contribution in [2.75, 3.05) is 11.9 Å². The number of hydrogen-bond donors (Lipinski definition) is 2. The van der Waals surface area contributed by atoms with E-state index in [0.717, 1.165) is 4.57 Å². The minimum atomic E-state index is -1.09. The molecule has 1 atom stereocenters. The molecule has 1 aliphatic heterocycles. The Balaban J connectivity index is 2.42. The molecule has 0 aromatic carbocycles. The zero-order chi connectivity index (χ0) is 11.7. The van der Waals surface area contributed by atoms with E-state index < -0.39 is 18.1 Å². The van der Waals surface area contributed by atoms with Crippen molar-refractivity contribution in [2.45, 2.75) is 19.5 Å². The first-order chi connectivity index (χ1) is 7.58. The van der Waals surface area contributed by atoms with Crippen LogP contribution in [0.25, 0.3) is 0 Å². The minimum absolute atomic E-state index is 0.00248. The molecule has 16 heavy (non-hydrogen) atoms. The van der Waals surface area contributed by atoms with E-state index >= 15 is 0 Å². The Bertz CT molecular complexity index is 482. The molecule has 1 aliphatic rings. The van der Waals surface area contributed by atoms with E-state index in [2.05, 4.69) is 10.3 Å². The van der Waals surface area contributed by atoms with Crippen LogP contribution in [0.1, 0.15) is 6.92 Å². The van der Waals surface area contributed by atoms with E-state index in [1.54, 1.807) is 0 Å². The van der Waals surface area contributed by atoms with Crippen LogP contribution >= 0.6 is 0 Å². The topological polar surface area (TPSA) is 93.5 Å². The number of carboxylic acids is 1. The van der Waals surface area contributed by atoms with Crippen LogP contribution in [-0.2, 0) is 11.3 Å². The van der Waals surface area contributed by atoms with Gasteiger partial charge in [-0.2, -0.15) is 0 Å². The predicted octanol–water partition coefficient (Wildman–Crippen LogP) is -0.479. The number of ether oxygens (including phenoxy) is 1. The van der Waals surface area contributed by atoms with Crippen molar-refractivity contribution in [3.8, 4) is 5.88 Å². The molecule has 2 heterocycles. The summed E-state index contributed by atoms with van der Waals surface area (Å²) in [5.41, 5.74) is -0.207. The van der Waals surface area contributed by atoms with Gasteiger partial charge in [-0.3, -0.25) is 14.2 Å². The van der Waals surface area contributed by atoms with Crippen LogP contribution in [0, 0.1) is 0 Å². The molecule has 1 aromatic rings. The summed E-state index contributed by atoms with van der Waals surface area (Å²) < 4.78 is 6.27. The van der Waals surface area contributed by atoms with Gasteiger partial charge in [0, 0.05) is 0 Å². The molecule has 0 amide bonds. The zero-order valence-electron chi connectivity index (χ0n) is 8.64. The Labute approximate surface area is 90.7 Å². The lowest BCUT2D eigenvalue weighted by atomic mass is 10.3. The molecule has 0 radical (unpaired) electrons. The third kappa shape index (κ3) is 1.83. The van der Waals surface area contributed by atoms with Gasteiger partial charge >= 0.3 is 5.97 Å². The Hall–Kier alpha value is -2.05. The van der Waals surface area contributed by atoms with Gasteiger partial charge in [-0.25, -0.2) is 4.98 Å². The second-order valence-electron chi connectivity index (χ2n) is 3.61. The average Bonchev–Trinajstić information content (AvgIpc) is 2.22. The molecule has 7 heteroatoms. The number of nitrogens with one attached hydrogen (secondary N) is 1. The largest absolute Gasteiger partial charge is 0.480 e. The molecule has 1 aromatic heterocycles. The number of fused-ring (bicyclic) bond motifs is 1. The number of carbonyl (C=O) groups is 1. The maximum atomic E-state index is 11.8. The number of anilines is 1. The van der Waals surface area contributed by atoms with Crippen LogP contribution < -0.4 is 15.6 Å². The number of hydrogen-bond acceptors (Lipinski definition) is 5. The fourth-order valence-electron chi connectivity index (χ4n) is 1.46. The fourth-order valence-corrected chi connectivity index (χ4v) is 1.46. The van der Waals surface area contributed by atoms with Crippen LogP contribution in [0.2, 0.25) is 0 Å². The number of carboxylic acid groups (broad SMARTS) is 1. The monoisotopic (exact) mass is 225 g/mol. The smallest absolute Gasteiger partial charge is 0.323 e. The standard InChI is InChI=1S/C9H11N3O4/c1-5-3-16-8-7(11-5)9(15)12(4-10-8)2-6(13)14/h4-5,11H,2-3H2,1H3,(H,13,14). The van der Waals surface area contributed by atoms with Crippen LogP contribution in [0.15, 0.2) is 11.1 Å². The maximum absolute atomic E-state index is 11.8. The van der Waals surface area contributed by atoms with Crippen LogP contribution in [0.5, 0.6) is 5.88 Å². The van der Waals surface area contributed by atoms with Crippen molar-refractivity contribution >= 4 is 11.7 Å². The van der Waals surface area contributed by atoms with Crippen molar-refractivity contribution in [3.63, 3.8) is 0 Å². The summed E-state index contributed by atoms with van der Waals surface area (Å²) in [6.45, 7) is 1.88. The molecule has 0 aliphatic carbocycles. The minimum Gasteiger partial charge on any atom is -0.480 e. The molecule has 86 valence electrons. The van der Waals surface area contributed by atoms with E-state index in [0.29, 0.717) is 6.61 Å². The number of rotatable bonds is 2. The summed E-state index contributed by atoms with van der Waals surface area (Å²) in [5.74, 6) is -0.863. The Morgan fingerprint density at radius 2 is 2.56 bits per heavy atom. The van der Waals surface area contributed by atoms with Gasteiger partial charge in [-0.05, 0) is 6.92 Å². The summed E-state index contributed by atoms with van der Waals surface area (Å²) in [7, 11) is 0. The molecule has 0 spiro atoms. The SMILES string of the molecule is CC1COc2ncn(CC(=O)O)c(=O)c2N1. The highest BCUT2D eigenvalue weighted by molar-refractivity contribution is 5.66. The lowest BCUT2D eigenvalue weighted by molar-refractivity contribution is -0.137. The first-order valence-electron chi connectivity index (χ1n) is 4.78. The summed E-state index contributed by atoms with van der Waals surface area (Å²) in [4.78, 5) is 26.2. The van der Waals surface area contributed by atoms with Gasteiger partial charge in [-0.15, -0.1) is 0 Å². The van der Waals surface area contributed by atoms with Gasteiger partial charge in [0.1, 0.15) is 19.5 Å². The lowest BCUT2D eigenvalue weighted by Crippen LogP contribution is -2.36. The van der Waals surface area contributed by atoms with Crippen molar-refractivity contribution in [1.29, 1.82) is 0 Å². The quantitative estimate of drug-likeness (QED) is 0.706. The number of aromatic nitrogens is 2. The van der Waals surface area contributed by atoms with Crippen molar-refractivity contribution in [1.82, 2.24) is 9.55 Å². The fraction of sp³-hybridized carbons (Fsp3) is 0.444. The van der Waals surface area contributed by atoms with Gasteiger partial charge < -0.3 is 15.2 Å². The van der Waals surface area contributed by atoms with Gasteiger partial charge in [0.05, 0.1) is 6.04 Å². The van der Waals surface area contributed by atoms with E-state index in [1.165, 1.54) is 6.33 Å². The average molecular weight is 225 g/mol.